The van der Waals surface area contributed by atoms with Crippen LogP contribution in [0, 0.1) is 5.92 Å². The molecule has 11 nitrogen and oxygen atoms in total. The van der Waals surface area contributed by atoms with Crippen LogP contribution in [-0.2, 0) is 38.9 Å². The number of rotatable bonds is 17. The quantitative estimate of drug-likeness (QED) is 0.138. The molecule has 0 spiro atoms. The number of fused-ring (bicyclic) bond motifs is 1. The Labute approximate surface area is 217 Å². The number of nitrogens with one attached hydrogen (secondary N) is 4. The second-order valence-corrected chi connectivity index (χ2v) is 10.1. The molecule has 1 aromatic heterocycles. The van der Waals surface area contributed by atoms with Gasteiger partial charge in [-0.1, -0.05) is 44.5 Å². The average Bonchev–Trinajstić information content (AvgIpc) is 3.28. The number of aromatic nitrogens is 1. The van der Waals surface area contributed by atoms with E-state index in [1.807, 2.05) is 38.1 Å². The molecule has 2 aromatic rings. The highest BCUT2D eigenvalue weighted by Crippen LogP contribution is 2.49. The number of amides is 3. The molecule has 0 saturated heterocycles. The van der Waals surface area contributed by atoms with Crippen LogP contribution in [0.3, 0.4) is 0 Å². The van der Waals surface area contributed by atoms with Crippen molar-refractivity contribution >= 4 is 36.4 Å². The third kappa shape index (κ3) is 10.1. The van der Waals surface area contributed by atoms with E-state index in [0.717, 1.165) is 16.5 Å². The van der Waals surface area contributed by atoms with E-state index < -0.39 is 13.9 Å². The second-order valence-electron chi connectivity index (χ2n) is 8.44. The molecule has 0 fully saturated rings. The number of hydrogen-bond acceptors (Lipinski definition) is 7. The largest absolute Gasteiger partial charge is 0.475 e. The van der Waals surface area contributed by atoms with Gasteiger partial charge in [0.05, 0.1) is 26.2 Å². The smallest absolute Gasteiger partial charge is 0.361 e. The molecule has 0 radical (unpaired) electrons. The first kappa shape index (κ1) is 30.2. The zero-order valence-electron chi connectivity index (χ0n) is 21.6. The Morgan fingerprint density at radius 2 is 1.78 bits per heavy atom. The fourth-order valence-electron chi connectivity index (χ4n) is 3.46. The van der Waals surface area contributed by atoms with E-state index in [2.05, 4.69) is 27.5 Å². The Morgan fingerprint density at radius 3 is 2.43 bits per heavy atom. The SMILES string of the molecule is C=CCOP(=O)(OCCNC(C)=O)OCCNC(=O)[C@@H](NC(=O)Cc1c[nH]c2ccccc12)[C@@H](C)CC. The summed E-state index contributed by atoms with van der Waals surface area (Å²) in [6.45, 7) is 8.51. The molecule has 1 unspecified atom stereocenters. The molecule has 0 bridgehead atoms. The van der Waals surface area contributed by atoms with E-state index in [-0.39, 0.29) is 63.0 Å². The highest BCUT2D eigenvalue weighted by molar-refractivity contribution is 7.48. The molecular formula is C25H37N4O7P. The van der Waals surface area contributed by atoms with Crippen molar-refractivity contribution < 1.29 is 32.5 Å². The molecule has 3 atom stereocenters. The minimum Gasteiger partial charge on any atom is -0.361 e. The molecule has 0 aliphatic heterocycles. The van der Waals surface area contributed by atoms with E-state index in [0.29, 0.717) is 6.42 Å². The first-order chi connectivity index (χ1) is 17.7. The lowest BCUT2D eigenvalue weighted by molar-refractivity contribution is -0.130. The lowest BCUT2D eigenvalue weighted by Gasteiger charge is -2.24. The summed E-state index contributed by atoms with van der Waals surface area (Å²) in [5.74, 6) is -1.01. The fraction of sp³-hybridized carbons (Fsp3) is 0.480. The van der Waals surface area contributed by atoms with Crippen molar-refractivity contribution in [3.05, 3.63) is 48.7 Å². The van der Waals surface area contributed by atoms with E-state index in [1.54, 1.807) is 6.20 Å². The number of benzene rings is 1. The monoisotopic (exact) mass is 536 g/mol. The van der Waals surface area contributed by atoms with Crippen LogP contribution in [0.2, 0.25) is 0 Å². The summed E-state index contributed by atoms with van der Waals surface area (Å²) in [6, 6.07) is 6.95. The molecule has 4 N–H and O–H groups in total. The van der Waals surface area contributed by atoms with Crippen molar-refractivity contribution in [2.24, 2.45) is 5.92 Å². The number of aromatic amines is 1. The van der Waals surface area contributed by atoms with E-state index in [4.69, 9.17) is 13.6 Å². The second kappa shape index (κ2) is 15.3. The van der Waals surface area contributed by atoms with E-state index in [1.165, 1.54) is 13.0 Å². The molecule has 3 amide bonds. The molecule has 2 rings (SSSR count). The van der Waals surface area contributed by atoms with Crippen LogP contribution in [-0.4, -0.2) is 61.7 Å². The summed E-state index contributed by atoms with van der Waals surface area (Å²) in [6.07, 6.45) is 4.00. The van der Waals surface area contributed by atoms with Crippen molar-refractivity contribution in [2.45, 2.75) is 39.7 Å². The summed E-state index contributed by atoms with van der Waals surface area (Å²) < 4.78 is 28.4. The molecule has 204 valence electrons. The average molecular weight is 537 g/mol. The lowest BCUT2D eigenvalue weighted by atomic mass is 9.98. The summed E-state index contributed by atoms with van der Waals surface area (Å²) in [4.78, 5) is 39.8. The maximum Gasteiger partial charge on any atom is 0.475 e. The van der Waals surface area contributed by atoms with Crippen LogP contribution >= 0.6 is 7.82 Å². The van der Waals surface area contributed by atoms with Crippen LogP contribution in [0.25, 0.3) is 10.9 Å². The Hall–Kier alpha value is -2.98. The van der Waals surface area contributed by atoms with Gasteiger partial charge in [-0.05, 0) is 17.5 Å². The van der Waals surface area contributed by atoms with Gasteiger partial charge in [-0.3, -0.25) is 28.0 Å². The highest BCUT2D eigenvalue weighted by atomic mass is 31.2. The molecule has 12 heteroatoms. The topological polar surface area (TPSA) is 148 Å². The Balaban J connectivity index is 1.88. The zero-order chi connectivity index (χ0) is 27.3. The normalized spacial score (nSPS) is 14.4. The molecule has 0 aliphatic rings. The number of carbonyl (C=O) groups is 3. The highest BCUT2D eigenvalue weighted by Gasteiger charge is 2.28. The van der Waals surface area contributed by atoms with Crippen LogP contribution in [0.5, 0.6) is 0 Å². The van der Waals surface area contributed by atoms with Gasteiger partial charge in [0.25, 0.3) is 0 Å². The predicted molar refractivity (Wildman–Crippen MR) is 141 cm³/mol. The zero-order valence-corrected chi connectivity index (χ0v) is 22.5. The Morgan fingerprint density at radius 1 is 1.11 bits per heavy atom. The molecule has 37 heavy (non-hydrogen) atoms. The van der Waals surface area contributed by atoms with Gasteiger partial charge in [0.15, 0.2) is 0 Å². The van der Waals surface area contributed by atoms with Crippen molar-refractivity contribution in [3.63, 3.8) is 0 Å². The molecule has 0 aliphatic carbocycles. The van der Waals surface area contributed by atoms with Crippen LogP contribution in [0.1, 0.15) is 32.8 Å². The number of carbonyl (C=O) groups excluding carboxylic acids is 3. The Bertz CT molecular complexity index is 1100. The van der Waals surface area contributed by atoms with Gasteiger partial charge in [-0.25, -0.2) is 4.57 Å². The van der Waals surface area contributed by atoms with Crippen molar-refractivity contribution in [1.29, 1.82) is 0 Å². The van der Waals surface area contributed by atoms with E-state index in [9.17, 15) is 18.9 Å². The third-order valence-electron chi connectivity index (χ3n) is 5.56. The molecular weight excluding hydrogens is 499 g/mol. The van der Waals surface area contributed by atoms with Crippen molar-refractivity contribution in [2.75, 3.05) is 32.9 Å². The number of phosphoric acid groups is 1. The molecule has 0 saturated carbocycles. The van der Waals surface area contributed by atoms with Crippen LogP contribution in [0.15, 0.2) is 43.1 Å². The fourth-order valence-corrected chi connectivity index (χ4v) is 4.60. The third-order valence-corrected chi connectivity index (χ3v) is 7.03. The summed E-state index contributed by atoms with van der Waals surface area (Å²) in [5.41, 5.74) is 1.79. The number of hydrogen-bond donors (Lipinski definition) is 4. The molecule has 1 aromatic carbocycles. The predicted octanol–water partition coefficient (Wildman–Crippen LogP) is 2.84. The van der Waals surface area contributed by atoms with Crippen LogP contribution < -0.4 is 16.0 Å². The van der Waals surface area contributed by atoms with Gasteiger partial charge < -0.3 is 20.9 Å². The number of phosphoric ester groups is 1. The summed E-state index contributed by atoms with van der Waals surface area (Å²) in [7, 11) is -3.93. The van der Waals surface area contributed by atoms with Gasteiger partial charge in [-0.2, -0.15) is 0 Å². The maximum atomic E-state index is 12.9. The van der Waals surface area contributed by atoms with Crippen molar-refractivity contribution in [1.82, 2.24) is 20.9 Å². The minimum absolute atomic E-state index is 0.0145. The van der Waals surface area contributed by atoms with Gasteiger partial charge in [0.1, 0.15) is 6.04 Å². The minimum atomic E-state index is -3.93. The lowest BCUT2D eigenvalue weighted by Crippen LogP contribution is -2.51. The maximum absolute atomic E-state index is 12.9. The van der Waals surface area contributed by atoms with Gasteiger partial charge in [0, 0.05) is 37.1 Å². The van der Waals surface area contributed by atoms with E-state index >= 15 is 0 Å². The standard InChI is InChI=1S/C25H37N4O7P/c1-5-13-34-37(33,35-14-11-26-19(4)30)36-15-12-27-25(32)24(18(3)6-2)29-23(31)16-20-17-28-22-10-8-7-9-21(20)22/h5,7-10,17-18,24,28H,1,6,11-16H2,2-4H3,(H,26,30)(H,27,32)(H,29,31)/t18-,24-,37?/m0/s1. The summed E-state index contributed by atoms with van der Waals surface area (Å²) in [5, 5.41) is 9.03. The van der Waals surface area contributed by atoms with Gasteiger partial charge >= 0.3 is 7.82 Å². The number of para-hydroxylation sites is 1. The Kier molecular flexibility index (Phi) is 12.5. The van der Waals surface area contributed by atoms with Gasteiger partial charge in [-0.15, -0.1) is 6.58 Å². The van der Waals surface area contributed by atoms with Crippen molar-refractivity contribution in [3.8, 4) is 0 Å². The first-order valence-corrected chi connectivity index (χ1v) is 13.7. The van der Waals surface area contributed by atoms with Gasteiger partial charge in [0.2, 0.25) is 17.7 Å². The number of H-pyrrole nitrogens is 1. The summed E-state index contributed by atoms with van der Waals surface area (Å²) >= 11 is 0. The van der Waals surface area contributed by atoms with Crippen LogP contribution in [0.4, 0.5) is 0 Å². The first-order valence-electron chi connectivity index (χ1n) is 12.2. The molecule has 1 heterocycles.